The van der Waals surface area contributed by atoms with E-state index in [2.05, 4.69) is 36.5 Å². The molecule has 7 nitrogen and oxygen atoms in total. The number of aromatic nitrogens is 5. The van der Waals surface area contributed by atoms with Gasteiger partial charge in [0.1, 0.15) is 18.3 Å². The number of carbonyl (C=O) groups is 1. The molecule has 0 aliphatic heterocycles. The second-order valence-electron chi connectivity index (χ2n) is 4.90. The van der Waals surface area contributed by atoms with Crippen LogP contribution in [0.3, 0.4) is 0 Å². The minimum atomic E-state index is -0.203. The minimum absolute atomic E-state index is 0.203. The molecule has 0 aliphatic carbocycles. The minimum Gasteiger partial charge on any atom is -0.317 e. The van der Waals surface area contributed by atoms with E-state index in [1.54, 1.807) is 23.3 Å². The van der Waals surface area contributed by atoms with Crippen LogP contribution in [0.25, 0.3) is 5.82 Å². The molecule has 3 aromatic rings. The molecule has 0 unspecified atom stereocenters. The summed E-state index contributed by atoms with van der Waals surface area (Å²) in [5.74, 6) is 0.389. The summed E-state index contributed by atoms with van der Waals surface area (Å²) < 4.78 is 4.24. The molecule has 2 heterocycles. The van der Waals surface area contributed by atoms with Crippen LogP contribution in [0, 0.1) is 6.92 Å². The SMILES string of the molecule is CCn1nc(-n2cnnc2)c(NC(=O)c2ccccc2Br)c1C. The monoisotopic (exact) mass is 374 g/mol. The molecule has 1 amide bonds. The van der Waals surface area contributed by atoms with Crippen LogP contribution in [0.4, 0.5) is 5.69 Å². The Balaban J connectivity index is 2.01. The largest absolute Gasteiger partial charge is 0.317 e. The summed E-state index contributed by atoms with van der Waals surface area (Å²) in [6.07, 6.45) is 3.10. The molecule has 1 aromatic carbocycles. The average molecular weight is 375 g/mol. The first-order valence-electron chi connectivity index (χ1n) is 7.10. The second-order valence-corrected chi connectivity index (χ2v) is 5.76. The molecular weight excluding hydrogens is 360 g/mol. The number of nitrogens with zero attached hydrogens (tertiary/aromatic N) is 5. The Morgan fingerprint density at radius 3 is 2.61 bits per heavy atom. The lowest BCUT2D eigenvalue weighted by Crippen LogP contribution is -2.14. The molecule has 0 aliphatic rings. The van der Waals surface area contributed by atoms with Crippen molar-refractivity contribution < 1.29 is 4.79 Å². The van der Waals surface area contributed by atoms with E-state index in [4.69, 9.17) is 0 Å². The summed E-state index contributed by atoms with van der Waals surface area (Å²) >= 11 is 3.40. The van der Waals surface area contributed by atoms with Gasteiger partial charge in [0, 0.05) is 11.0 Å². The van der Waals surface area contributed by atoms with Crippen molar-refractivity contribution >= 4 is 27.5 Å². The van der Waals surface area contributed by atoms with Crippen LogP contribution in [-0.4, -0.2) is 30.5 Å². The van der Waals surface area contributed by atoms with Crippen molar-refractivity contribution in [3.63, 3.8) is 0 Å². The summed E-state index contributed by atoms with van der Waals surface area (Å²) in [6, 6.07) is 7.28. The Hall–Kier alpha value is -2.48. The maximum absolute atomic E-state index is 12.6. The molecule has 3 rings (SSSR count). The van der Waals surface area contributed by atoms with Crippen molar-refractivity contribution in [2.24, 2.45) is 0 Å². The van der Waals surface area contributed by atoms with Crippen LogP contribution in [0.15, 0.2) is 41.4 Å². The number of nitrogens with one attached hydrogen (secondary N) is 1. The number of hydrogen-bond acceptors (Lipinski definition) is 4. The molecule has 2 aromatic heterocycles. The van der Waals surface area contributed by atoms with Gasteiger partial charge in [-0.3, -0.25) is 14.0 Å². The highest BCUT2D eigenvalue weighted by atomic mass is 79.9. The molecular formula is C15H15BrN6O. The summed E-state index contributed by atoms with van der Waals surface area (Å²) in [5, 5.41) is 15.1. The zero-order valence-corrected chi connectivity index (χ0v) is 14.3. The van der Waals surface area contributed by atoms with Gasteiger partial charge in [0.2, 0.25) is 0 Å². The second kappa shape index (κ2) is 6.33. The number of hydrogen-bond donors (Lipinski definition) is 1. The van der Waals surface area contributed by atoms with Gasteiger partial charge in [-0.05, 0) is 41.9 Å². The number of benzene rings is 1. The molecule has 0 spiro atoms. The fourth-order valence-corrected chi connectivity index (χ4v) is 2.77. The highest BCUT2D eigenvalue weighted by Crippen LogP contribution is 2.25. The highest BCUT2D eigenvalue weighted by Gasteiger charge is 2.19. The van der Waals surface area contributed by atoms with Gasteiger partial charge in [0.25, 0.3) is 5.91 Å². The van der Waals surface area contributed by atoms with Crippen molar-refractivity contribution in [1.29, 1.82) is 0 Å². The Bertz CT molecular complexity index is 840. The summed E-state index contributed by atoms with van der Waals surface area (Å²) in [7, 11) is 0. The molecule has 8 heteroatoms. The van der Waals surface area contributed by atoms with Crippen LogP contribution in [0.5, 0.6) is 0 Å². The lowest BCUT2D eigenvalue weighted by Gasteiger charge is -2.08. The van der Waals surface area contributed by atoms with Crippen molar-refractivity contribution in [3.8, 4) is 5.82 Å². The molecule has 0 atom stereocenters. The van der Waals surface area contributed by atoms with E-state index in [0.29, 0.717) is 23.6 Å². The lowest BCUT2D eigenvalue weighted by atomic mass is 10.2. The van der Waals surface area contributed by atoms with Crippen LogP contribution in [0.2, 0.25) is 0 Å². The predicted molar refractivity (Wildman–Crippen MR) is 89.7 cm³/mol. The Morgan fingerprint density at radius 2 is 1.96 bits per heavy atom. The number of halogens is 1. The lowest BCUT2D eigenvalue weighted by molar-refractivity contribution is 0.102. The van der Waals surface area contributed by atoms with Crippen LogP contribution >= 0.6 is 15.9 Å². The zero-order chi connectivity index (χ0) is 16.4. The van der Waals surface area contributed by atoms with E-state index in [0.717, 1.165) is 10.2 Å². The number of amides is 1. The summed E-state index contributed by atoms with van der Waals surface area (Å²) in [5.41, 5.74) is 2.08. The quantitative estimate of drug-likeness (QED) is 0.761. The van der Waals surface area contributed by atoms with Gasteiger partial charge in [-0.15, -0.1) is 10.2 Å². The van der Waals surface area contributed by atoms with Gasteiger partial charge in [-0.25, -0.2) is 0 Å². The van der Waals surface area contributed by atoms with E-state index in [1.165, 1.54) is 0 Å². The van der Waals surface area contributed by atoms with Gasteiger partial charge < -0.3 is 5.32 Å². The van der Waals surface area contributed by atoms with Crippen molar-refractivity contribution in [1.82, 2.24) is 24.5 Å². The predicted octanol–water partition coefficient (Wildman–Crippen LogP) is 2.81. The maximum atomic E-state index is 12.6. The zero-order valence-electron chi connectivity index (χ0n) is 12.7. The number of carbonyl (C=O) groups excluding carboxylic acids is 1. The van der Waals surface area contributed by atoms with Crippen LogP contribution in [0.1, 0.15) is 23.0 Å². The van der Waals surface area contributed by atoms with E-state index in [-0.39, 0.29) is 5.91 Å². The van der Waals surface area contributed by atoms with Crippen molar-refractivity contribution in [3.05, 3.63) is 52.7 Å². The van der Waals surface area contributed by atoms with Gasteiger partial charge in [-0.1, -0.05) is 12.1 Å². The third-order valence-electron chi connectivity index (χ3n) is 3.51. The standard InChI is InChI=1S/C15H15BrN6O/c1-3-22-10(2)13(14(20-22)21-8-17-18-9-21)19-15(23)11-6-4-5-7-12(11)16/h4-9H,3H2,1-2H3,(H,19,23). The molecule has 118 valence electrons. The van der Waals surface area contributed by atoms with Gasteiger partial charge in [-0.2, -0.15) is 5.10 Å². The van der Waals surface area contributed by atoms with Crippen molar-refractivity contribution in [2.45, 2.75) is 20.4 Å². The average Bonchev–Trinajstić information content (AvgIpc) is 3.17. The number of aryl methyl sites for hydroxylation is 1. The van der Waals surface area contributed by atoms with Gasteiger partial charge >= 0.3 is 0 Å². The van der Waals surface area contributed by atoms with E-state index in [9.17, 15) is 4.79 Å². The van der Waals surface area contributed by atoms with Gasteiger partial charge in [0.05, 0.1) is 11.3 Å². The number of anilines is 1. The highest BCUT2D eigenvalue weighted by molar-refractivity contribution is 9.10. The first-order chi connectivity index (χ1) is 11.1. The summed E-state index contributed by atoms with van der Waals surface area (Å²) in [4.78, 5) is 12.6. The Morgan fingerprint density at radius 1 is 1.26 bits per heavy atom. The number of rotatable bonds is 4. The normalized spacial score (nSPS) is 10.7. The molecule has 0 radical (unpaired) electrons. The molecule has 0 bridgehead atoms. The fourth-order valence-electron chi connectivity index (χ4n) is 2.30. The van der Waals surface area contributed by atoms with Crippen molar-refractivity contribution in [2.75, 3.05) is 5.32 Å². The molecule has 0 saturated heterocycles. The van der Waals surface area contributed by atoms with Crippen LogP contribution < -0.4 is 5.32 Å². The first-order valence-corrected chi connectivity index (χ1v) is 7.89. The molecule has 1 N–H and O–H groups in total. The van der Waals surface area contributed by atoms with E-state index >= 15 is 0 Å². The summed E-state index contributed by atoms with van der Waals surface area (Å²) in [6.45, 7) is 4.61. The Labute approximate surface area is 141 Å². The molecule has 0 fully saturated rings. The fraction of sp³-hybridized carbons (Fsp3) is 0.200. The molecule has 23 heavy (non-hydrogen) atoms. The maximum Gasteiger partial charge on any atom is 0.256 e. The van der Waals surface area contributed by atoms with Gasteiger partial charge in [0.15, 0.2) is 5.82 Å². The smallest absolute Gasteiger partial charge is 0.256 e. The molecule has 0 saturated carbocycles. The first kappa shape index (κ1) is 15.4. The third kappa shape index (κ3) is 2.89. The third-order valence-corrected chi connectivity index (χ3v) is 4.20. The topological polar surface area (TPSA) is 77.6 Å². The van der Waals surface area contributed by atoms with E-state index in [1.807, 2.05) is 36.7 Å². The van der Waals surface area contributed by atoms with E-state index < -0.39 is 0 Å². The Kier molecular flexibility index (Phi) is 4.24. The van der Waals surface area contributed by atoms with Crippen LogP contribution in [-0.2, 0) is 6.54 Å².